The molecule has 0 aliphatic rings. The molecule has 0 aliphatic carbocycles. The van der Waals surface area contributed by atoms with E-state index in [9.17, 15) is 0 Å². The zero-order valence-corrected chi connectivity index (χ0v) is 13.8. The molecule has 3 heteroatoms. The maximum atomic E-state index is 6.10. The molecule has 0 fully saturated rings. The summed E-state index contributed by atoms with van der Waals surface area (Å²) < 4.78 is 5.66. The van der Waals surface area contributed by atoms with Crippen LogP contribution in [0.15, 0.2) is 36.4 Å². The fourth-order valence-corrected chi connectivity index (χ4v) is 2.69. The Morgan fingerprint density at radius 2 is 1.90 bits per heavy atom. The summed E-state index contributed by atoms with van der Waals surface area (Å²) in [6.45, 7) is 9.01. The third kappa shape index (κ3) is 3.92. The van der Waals surface area contributed by atoms with Crippen molar-refractivity contribution in [3.05, 3.63) is 58.1 Å². The lowest BCUT2D eigenvalue weighted by molar-refractivity contribution is 0.341. The Balaban J connectivity index is 2.26. The highest BCUT2D eigenvalue weighted by atomic mass is 35.5. The molecule has 0 saturated heterocycles. The predicted octanol–water partition coefficient (Wildman–Crippen LogP) is 5.53. The molecule has 0 radical (unpaired) electrons. The van der Waals surface area contributed by atoms with Crippen LogP contribution in [-0.2, 0) is 0 Å². The molecule has 0 bridgehead atoms. The number of ether oxygens (including phenoxy) is 1. The molecule has 1 unspecified atom stereocenters. The SMILES string of the molecule is CCOc1ccc(Cl)cc1NC(C)c1ccc(C)cc1C. The number of hydrogen-bond donors (Lipinski definition) is 1. The fourth-order valence-electron chi connectivity index (χ4n) is 2.52. The first-order valence-corrected chi connectivity index (χ1v) is 7.65. The highest BCUT2D eigenvalue weighted by Gasteiger charge is 2.12. The number of rotatable bonds is 5. The molecule has 0 spiro atoms. The van der Waals surface area contributed by atoms with Gasteiger partial charge in [0, 0.05) is 11.1 Å². The van der Waals surface area contributed by atoms with Crippen molar-refractivity contribution in [1.29, 1.82) is 0 Å². The van der Waals surface area contributed by atoms with Crippen LogP contribution in [0.3, 0.4) is 0 Å². The molecule has 2 aromatic rings. The van der Waals surface area contributed by atoms with Crippen molar-refractivity contribution in [2.45, 2.75) is 33.7 Å². The van der Waals surface area contributed by atoms with Crippen molar-refractivity contribution >= 4 is 17.3 Å². The Labute approximate surface area is 132 Å². The molecule has 0 aliphatic heterocycles. The van der Waals surface area contributed by atoms with Gasteiger partial charge in [-0.25, -0.2) is 0 Å². The molecule has 1 atom stereocenters. The van der Waals surface area contributed by atoms with Gasteiger partial charge in [-0.1, -0.05) is 35.4 Å². The van der Waals surface area contributed by atoms with Crippen LogP contribution in [0.1, 0.15) is 36.6 Å². The normalized spacial score (nSPS) is 12.0. The van der Waals surface area contributed by atoms with Gasteiger partial charge >= 0.3 is 0 Å². The summed E-state index contributed by atoms with van der Waals surface area (Å²) in [4.78, 5) is 0. The average Bonchev–Trinajstić information content (AvgIpc) is 2.41. The fraction of sp³-hybridized carbons (Fsp3) is 0.333. The zero-order valence-electron chi connectivity index (χ0n) is 13.0. The van der Waals surface area contributed by atoms with Gasteiger partial charge in [-0.2, -0.15) is 0 Å². The third-order valence-corrected chi connectivity index (χ3v) is 3.74. The number of anilines is 1. The first-order valence-electron chi connectivity index (χ1n) is 7.27. The van der Waals surface area contributed by atoms with Crippen molar-refractivity contribution in [3.63, 3.8) is 0 Å². The van der Waals surface area contributed by atoms with E-state index in [0.717, 1.165) is 11.4 Å². The average molecular weight is 304 g/mol. The summed E-state index contributed by atoms with van der Waals surface area (Å²) >= 11 is 6.10. The monoisotopic (exact) mass is 303 g/mol. The van der Waals surface area contributed by atoms with E-state index in [1.54, 1.807) is 0 Å². The number of aryl methyl sites for hydroxylation is 2. The second-order valence-corrected chi connectivity index (χ2v) is 5.74. The Kier molecular flexibility index (Phi) is 5.13. The molecule has 0 aromatic heterocycles. The summed E-state index contributed by atoms with van der Waals surface area (Å²) in [5.41, 5.74) is 4.77. The highest BCUT2D eigenvalue weighted by Crippen LogP contribution is 2.32. The van der Waals surface area contributed by atoms with E-state index in [1.165, 1.54) is 16.7 Å². The molecule has 21 heavy (non-hydrogen) atoms. The van der Waals surface area contributed by atoms with E-state index in [0.29, 0.717) is 11.6 Å². The van der Waals surface area contributed by atoms with Crippen LogP contribution < -0.4 is 10.1 Å². The van der Waals surface area contributed by atoms with Crippen molar-refractivity contribution in [1.82, 2.24) is 0 Å². The second kappa shape index (κ2) is 6.86. The Morgan fingerprint density at radius 3 is 2.57 bits per heavy atom. The van der Waals surface area contributed by atoms with E-state index in [-0.39, 0.29) is 6.04 Å². The van der Waals surface area contributed by atoms with Gasteiger partial charge < -0.3 is 10.1 Å². The Hall–Kier alpha value is -1.67. The summed E-state index contributed by atoms with van der Waals surface area (Å²) in [5.74, 6) is 0.832. The number of halogens is 1. The smallest absolute Gasteiger partial charge is 0.142 e. The zero-order chi connectivity index (χ0) is 15.4. The minimum Gasteiger partial charge on any atom is -0.492 e. The second-order valence-electron chi connectivity index (χ2n) is 5.30. The molecular formula is C18H22ClNO. The molecule has 0 amide bonds. The van der Waals surface area contributed by atoms with Gasteiger partial charge in [-0.15, -0.1) is 0 Å². The van der Waals surface area contributed by atoms with Crippen LogP contribution in [-0.4, -0.2) is 6.61 Å². The lowest BCUT2D eigenvalue weighted by Gasteiger charge is -2.20. The van der Waals surface area contributed by atoms with E-state index in [2.05, 4.69) is 44.3 Å². The predicted molar refractivity (Wildman–Crippen MR) is 90.6 cm³/mol. The maximum Gasteiger partial charge on any atom is 0.142 e. The quantitative estimate of drug-likeness (QED) is 0.784. The van der Waals surface area contributed by atoms with Crippen LogP contribution in [0.25, 0.3) is 0 Å². The first-order chi connectivity index (χ1) is 10.0. The largest absolute Gasteiger partial charge is 0.492 e. The third-order valence-electron chi connectivity index (χ3n) is 3.51. The van der Waals surface area contributed by atoms with Crippen molar-refractivity contribution in [2.75, 3.05) is 11.9 Å². The minimum absolute atomic E-state index is 0.184. The Bertz CT molecular complexity index is 625. The maximum absolute atomic E-state index is 6.10. The van der Waals surface area contributed by atoms with Crippen molar-refractivity contribution < 1.29 is 4.74 Å². The van der Waals surface area contributed by atoms with Crippen LogP contribution in [0.5, 0.6) is 5.75 Å². The summed E-state index contributed by atoms with van der Waals surface area (Å²) in [6.07, 6.45) is 0. The van der Waals surface area contributed by atoms with Crippen LogP contribution in [0, 0.1) is 13.8 Å². The van der Waals surface area contributed by atoms with Gasteiger partial charge in [0.15, 0.2) is 0 Å². The molecule has 0 saturated carbocycles. The molecule has 2 aromatic carbocycles. The number of nitrogens with one attached hydrogen (secondary N) is 1. The lowest BCUT2D eigenvalue weighted by Crippen LogP contribution is -2.09. The van der Waals surface area contributed by atoms with Gasteiger partial charge in [-0.05, 0) is 57.0 Å². The summed E-state index contributed by atoms with van der Waals surface area (Å²) in [5, 5.41) is 4.21. The van der Waals surface area contributed by atoms with Gasteiger partial charge in [-0.3, -0.25) is 0 Å². The lowest BCUT2D eigenvalue weighted by atomic mass is 10.00. The number of hydrogen-bond acceptors (Lipinski definition) is 2. The summed E-state index contributed by atoms with van der Waals surface area (Å²) in [7, 11) is 0. The summed E-state index contributed by atoms with van der Waals surface area (Å²) in [6, 6.07) is 12.4. The van der Waals surface area contributed by atoms with Crippen molar-refractivity contribution in [3.8, 4) is 5.75 Å². The van der Waals surface area contributed by atoms with Crippen LogP contribution in [0.4, 0.5) is 5.69 Å². The molecule has 112 valence electrons. The molecular weight excluding hydrogens is 282 g/mol. The van der Waals surface area contributed by atoms with Crippen molar-refractivity contribution in [2.24, 2.45) is 0 Å². The van der Waals surface area contributed by atoms with E-state index in [1.807, 2.05) is 25.1 Å². The molecule has 1 N–H and O–H groups in total. The van der Waals surface area contributed by atoms with Gasteiger partial charge in [0.25, 0.3) is 0 Å². The minimum atomic E-state index is 0.184. The van der Waals surface area contributed by atoms with Gasteiger partial charge in [0.05, 0.1) is 12.3 Å². The molecule has 0 heterocycles. The van der Waals surface area contributed by atoms with Crippen LogP contribution in [0.2, 0.25) is 5.02 Å². The molecule has 2 nitrogen and oxygen atoms in total. The molecule has 2 rings (SSSR count). The highest BCUT2D eigenvalue weighted by molar-refractivity contribution is 6.30. The van der Waals surface area contributed by atoms with E-state index < -0.39 is 0 Å². The van der Waals surface area contributed by atoms with E-state index >= 15 is 0 Å². The Morgan fingerprint density at radius 1 is 1.14 bits per heavy atom. The van der Waals surface area contributed by atoms with Gasteiger partial charge in [0.2, 0.25) is 0 Å². The first kappa shape index (κ1) is 15.7. The van der Waals surface area contributed by atoms with E-state index in [4.69, 9.17) is 16.3 Å². The number of benzene rings is 2. The van der Waals surface area contributed by atoms with Gasteiger partial charge in [0.1, 0.15) is 5.75 Å². The van der Waals surface area contributed by atoms with Crippen LogP contribution >= 0.6 is 11.6 Å². The topological polar surface area (TPSA) is 21.3 Å². The standard InChI is InChI=1S/C18H22ClNO/c1-5-21-18-9-7-15(19)11-17(18)20-14(4)16-8-6-12(2)10-13(16)3/h6-11,14,20H,5H2,1-4H3.